The summed E-state index contributed by atoms with van der Waals surface area (Å²) in [6.07, 6.45) is 1.68. The molecule has 0 aliphatic carbocycles. The number of benzene rings is 3. The highest BCUT2D eigenvalue weighted by Crippen LogP contribution is 2.38. The van der Waals surface area contributed by atoms with Crippen molar-refractivity contribution in [1.82, 2.24) is 0 Å². The molecule has 3 aromatic carbocycles. The number of methoxy groups -OCH3 is 1. The minimum atomic E-state index is -1.03. The number of aromatic carboxylic acids is 1. The molecule has 0 spiro atoms. The summed E-state index contributed by atoms with van der Waals surface area (Å²) >= 11 is 3.49. The van der Waals surface area contributed by atoms with Crippen LogP contribution in [0.5, 0.6) is 11.5 Å². The van der Waals surface area contributed by atoms with Crippen molar-refractivity contribution in [3.05, 3.63) is 93.0 Å². The highest BCUT2D eigenvalue weighted by Gasteiger charge is 2.13. The maximum absolute atomic E-state index is 11.0. The van der Waals surface area contributed by atoms with Crippen LogP contribution in [0.1, 0.15) is 32.6 Å². The second-order valence-electron chi connectivity index (χ2n) is 6.64. The maximum atomic E-state index is 11.0. The summed E-state index contributed by atoms with van der Waals surface area (Å²) in [4.78, 5) is 11.0. The molecular formula is C25H17BrN2O4. The Labute approximate surface area is 193 Å². The Morgan fingerprint density at radius 2 is 1.78 bits per heavy atom. The van der Waals surface area contributed by atoms with Gasteiger partial charge in [0.1, 0.15) is 6.61 Å². The van der Waals surface area contributed by atoms with Crippen LogP contribution in [-0.2, 0) is 6.61 Å². The third kappa shape index (κ3) is 5.15. The lowest BCUT2D eigenvalue weighted by molar-refractivity contribution is 0.0697. The third-order valence-electron chi connectivity index (χ3n) is 4.64. The third-order valence-corrected chi connectivity index (χ3v) is 5.22. The predicted octanol–water partition coefficient (Wildman–Crippen LogP) is 5.67. The Balaban J connectivity index is 1.90. The lowest BCUT2D eigenvalue weighted by atomic mass is 10.0. The summed E-state index contributed by atoms with van der Waals surface area (Å²) < 4.78 is 12.0. The van der Waals surface area contributed by atoms with E-state index in [0.29, 0.717) is 38.2 Å². The zero-order valence-corrected chi connectivity index (χ0v) is 18.6. The van der Waals surface area contributed by atoms with Gasteiger partial charge in [0.15, 0.2) is 11.5 Å². The van der Waals surface area contributed by atoms with Gasteiger partial charge in [-0.1, -0.05) is 30.3 Å². The molecule has 1 N–H and O–H groups in total. The fourth-order valence-electron chi connectivity index (χ4n) is 3.01. The molecule has 3 aromatic rings. The molecule has 3 rings (SSSR count). The molecule has 0 amide bonds. The van der Waals surface area contributed by atoms with E-state index in [1.807, 2.05) is 12.1 Å². The first-order valence-electron chi connectivity index (χ1n) is 9.40. The number of ether oxygens (including phenoxy) is 2. The first kappa shape index (κ1) is 22.6. The van der Waals surface area contributed by atoms with Gasteiger partial charge >= 0.3 is 5.97 Å². The molecule has 0 unspecified atom stereocenters. The molecule has 7 heteroatoms. The van der Waals surface area contributed by atoms with Crippen molar-refractivity contribution in [2.75, 3.05) is 7.11 Å². The number of carboxylic acid groups (broad SMARTS) is 1. The van der Waals surface area contributed by atoms with Crippen molar-refractivity contribution >= 4 is 33.5 Å². The van der Waals surface area contributed by atoms with Crippen LogP contribution >= 0.6 is 15.9 Å². The SMILES string of the molecule is COc1cc(C=C(C#N)c2ccc(C(=O)O)cc2)cc(Br)c1OCc1ccccc1C#N. The van der Waals surface area contributed by atoms with E-state index in [2.05, 4.69) is 28.1 Å². The van der Waals surface area contributed by atoms with Gasteiger partial charge in [0.05, 0.1) is 40.4 Å². The maximum Gasteiger partial charge on any atom is 0.335 e. The van der Waals surface area contributed by atoms with Gasteiger partial charge in [-0.2, -0.15) is 10.5 Å². The van der Waals surface area contributed by atoms with E-state index < -0.39 is 5.97 Å². The molecule has 6 nitrogen and oxygen atoms in total. The minimum absolute atomic E-state index is 0.148. The molecule has 0 aliphatic rings. The fourth-order valence-corrected chi connectivity index (χ4v) is 3.58. The summed E-state index contributed by atoms with van der Waals surface area (Å²) in [5.41, 5.74) is 3.10. The Hall–Kier alpha value is -4.07. The molecule has 0 bridgehead atoms. The van der Waals surface area contributed by atoms with Crippen LogP contribution in [-0.4, -0.2) is 18.2 Å². The topological polar surface area (TPSA) is 103 Å². The highest BCUT2D eigenvalue weighted by atomic mass is 79.9. The van der Waals surface area contributed by atoms with Gasteiger partial charge in [0.25, 0.3) is 0 Å². The van der Waals surface area contributed by atoms with E-state index in [-0.39, 0.29) is 12.2 Å². The van der Waals surface area contributed by atoms with Crippen molar-refractivity contribution in [2.24, 2.45) is 0 Å². The van der Waals surface area contributed by atoms with Crippen molar-refractivity contribution < 1.29 is 19.4 Å². The van der Waals surface area contributed by atoms with E-state index in [4.69, 9.17) is 14.6 Å². The molecule has 0 saturated carbocycles. The highest BCUT2D eigenvalue weighted by molar-refractivity contribution is 9.10. The molecule has 0 aromatic heterocycles. The average Bonchev–Trinajstić information content (AvgIpc) is 2.81. The van der Waals surface area contributed by atoms with Crippen molar-refractivity contribution in [3.8, 4) is 23.6 Å². The van der Waals surface area contributed by atoms with Crippen LogP contribution in [0.4, 0.5) is 0 Å². The zero-order valence-electron chi connectivity index (χ0n) is 17.0. The Bertz CT molecular complexity index is 1270. The van der Waals surface area contributed by atoms with E-state index in [0.717, 1.165) is 5.56 Å². The second kappa shape index (κ2) is 10.3. The van der Waals surface area contributed by atoms with Gasteiger partial charge in [-0.05, 0) is 63.5 Å². The number of carboxylic acids is 1. The predicted molar refractivity (Wildman–Crippen MR) is 123 cm³/mol. The molecule has 0 fully saturated rings. The first-order valence-corrected chi connectivity index (χ1v) is 10.2. The van der Waals surface area contributed by atoms with Crippen LogP contribution < -0.4 is 9.47 Å². The van der Waals surface area contributed by atoms with Gasteiger partial charge in [0.2, 0.25) is 0 Å². The number of hydrogen-bond acceptors (Lipinski definition) is 5. The van der Waals surface area contributed by atoms with Crippen LogP contribution in [0.2, 0.25) is 0 Å². The minimum Gasteiger partial charge on any atom is -0.493 e. The zero-order chi connectivity index (χ0) is 23.1. The summed E-state index contributed by atoms with van der Waals surface area (Å²) in [7, 11) is 1.52. The molecule has 158 valence electrons. The normalized spacial score (nSPS) is 10.7. The fraction of sp³-hybridized carbons (Fsp3) is 0.0800. The number of carbonyl (C=O) groups is 1. The molecule has 0 saturated heterocycles. The standard InChI is InChI=1S/C25H17BrN2O4/c1-31-23-12-16(10-21(14-28)17-6-8-18(9-7-17)25(29)30)11-22(26)24(23)32-15-20-5-3-2-4-19(20)13-27/h2-12H,15H2,1H3,(H,29,30). The summed E-state index contributed by atoms with van der Waals surface area (Å²) in [6.45, 7) is 0.188. The number of rotatable bonds is 7. The Morgan fingerprint density at radius 3 is 2.41 bits per heavy atom. The molecule has 0 radical (unpaired) electrons. The van der Waals surface area contributed by atoms with Crippen LogP contribution in [0.3, 0.4) is 0 Å². The summed E-state index contributed by atoms with van der Waals surface area (Å²) in [5, 5.41) is 27.9. The van der Waals surface area contributed by atoms with E-state index in [9.17, 15) is 15.3 Å². The second-order valence-corrected chi connectivity index (χ2v) is 7.50. The van der Waals surface area contributed by atoms with Gasteiger partial charge in [-0.25, -0.2) is 4.79 Å². The van der Waals surface area contributed by atoms with Gasteiger partial charge in [0, 0.05) is 5.56 Å². The summed E-state index contributed by atoms with van der Waals surface area (Å²) in [6, 6.07) is 21.1. The van der Waals surface area contributed by atoms with Gasteiger partial charge in [-0.15, -0.1) is 0 Å². The first-order chi connectivity index (χ1) is 15.5. The summed E-state index contributed by atoms with van der Waals surface area (Å²) in [5.74, 6) is -0.0963. The van der Waals surface area contributed by atoms with Gasteiger partial charge in [-0.3, -0.25) is 0 Å². The van der Waals surface area contributed by atoms with Crippen LogP contribution in [0, 0.1) is 22.7 Å². The lowest BCUT2D eigenvalue weighted by Gasteiger charge is -2.14. The number of nitriles is 2. The smallest absolute Gasteiger partial charge is 0.335 e. The molecule has 0 heterocycles. The van der Waals surface area contributed by atoms with Crippen molar-refractivity contribution in [3.63, 3.8) is 0 Å². The number of halogens is 1. The molecule has 0 atom stereocenters. The number of hydrogen-bond donors (Lipinski definition) is 1. The molecular weight excluding hydrogens is 472 g/mol. The lowest BCUT2D eigenvalue weighted by Crippen LogP contribution is -2.01. The van der Waals surface area contributed by atoms with Crippen molar-refractivity contribution in [1.29, 1.82) is 10.5 Å². The molecule has 0 aliphatic heterocycles. The average molecular weight is 489 g/mol. The quantitative estimate of drug-likeness (QED) is 0.339. The van der Waals surface area contributed by atoms with Crippen molar-refractivity contribution in [2.45, 2.75) is 6.61 Å². The van der Waals surface area contributed by atoms with Crippen LogP contribution in [0.15, 0.2) is 65.1 Å². The van der Waals surface area contributed by atoms with E-state index in [1.165, 1.54) is 19.2 Å². The van der Waals surface area contributed by atoms with E-state index >= 15 is 0 Å². The number of nitrogens with zero attached hydrogens (tertiary/aromatic N) is 2. The largest absolute Gasteiger partial charge is 0.493 e. The van der Waals surface area contributed by atoms with Crippen LogP contribution in [0.25, 0.3) is 11.6 Å². The van der Waals surface area contributed by atoms with Gasteiger partial charge < -0.3 is 14.6 Å². The van der Waals surface area contributed by atoms with E-state index in [1.54, 1.807) is 42.5 Å². The molecule has 32 heavy (non-hydrogen) atoms. The number of allylic oxidation sites excluding steroid dienone is 1. The monoisotopic (exact) mass is 488 g/mol. The Morgan fingerprint density at radius 1 is 1.09 bits per heavy atom. The Kier molecular flexibility index (Phi) is 7.28.